The molecule has 1 aliphatic heterocycles. The molecule has 3 heterocycles. The average Bonchev–Trinajstić information content (AvgIpc) is 3.04. The van der Waals surface area contributed by atoms with E-state index in [4.69, 9.17) is 4.74 Å². The molecule has 3 rings (SSSR count). The van der Waals surface area contributed by atoms with Crippen LogP contribution in [0.4, 0.5) is 0 Å². The van der Waals surface area contributed by atoms with Gasteiger partial charge in [-0.3, -0.25) is 9.58 Å². The lowest BCUT2D eigenvalue weighted by molar-refractivity contribution is 0.104. The highest BCUT2D eigenvalue weighted by molar-refractivity contribution is 7.07. The van der Waals surface area contributed by atoms with Gasteiger partial charge in [0.2, 0.25) is 0 Å². The highest BCUT2D eigenvalue weighted by atomic mass is 32.1. The van der Waals surface area contributed by atoms with Gasteiger partial charge in [0.25, 0.3) is 0 Å². The summed E-state index contributed by atoms with van der Waals surface area (Å²) in [5.74, 6) is 0.388. The van der Waals surface area contributed by atoms with E-state index in [9.17, 15) is 0 Å². The minimum Gasteiger partial charge on any atom is -0.381 e. The smallest absolute Gasteiger partial charge is 0.0736 e. The maximum Gasteiger partial charge on any atom is 0.0736 e. The minimum atomic E-state index is 0.388. The molecule has 2 aromatic rings. The lowest BCUT2D eigenvalue weighted by Gasteiger charge is -2.31. The van der Waals surface area contributed by atoms with Gasteiger partial charge in [-0.05, 0) is 29.3 Å². The van der Waals surface area contributed by atoms with Gasteiger partial charge in [0, 0.05) is 51.0 Å². The van der Waals surface area contributed by atoms with Crippen molar-refractivity contribution in [2.24, 2.45) is 7.05 Å². The zero-order valence-electron chi connectivity index (χ0n) is 12.1. The Labute approximate surface area is 124 Å². The molecule has 0 amide bonds. The monoisotopic (exact) mass is 291 g/mol. The number of ether oxygens (including phenoxy) is 1. The largest absolute Gasteiger partial charge is 0.381 e. The second-order valence-electron chi connectivity index (χ2n) is 5.37. The first-order valence-electron chi connectivity index (χ1n) is 7.10. The van der Waals surface area contributed by atoms with Crippen LogP contribution >= 0.6 is 11.3 Å². The lowest BCUT2D eigenvalue weighted by Crippen LogP contribution is -2.34. The van der Waals surface area contributed by atoms with Crippen LogP contribution in [-0.4, -0.2) is 34.4 Å². The number of aromatic nitrogens is 2. The fourth-order valence-corrected chi connectivity index (χ4v) is 3.54. The molecular formula is C15H21N3OS. The van der Waals surface area contributed by atoms with Crippen LogP contribution in [0.1, 0.15) is 29.7 Å². The van der Waals surface area contributed by atoms with Crippen LogP contribution in [0.3, 0.4) is 0 Å². The molecule has 0 aliphatic carbocycles. The first-order chi connectivity index (χ1) is 9.76. The zero-order valence-corrected chi connectivity index (χ0v) is 12.9. The Morgan fingerprint density at radius 3 is 3.15 bits per heavy atom. The van der Waals surface area contributed by atoms with Gasteiger partial charge in [0.1, 0.15) is 0 Å². The van der Waals surface area contributed by atoms with E-state index in [2.05, 4.69) is 33.0 Å². The van der Waals surface area contributed by atoms with Gasteiger partial charge in [0.15, 0.2) is 0 Å². The molecule has 20 heavy (non-hydrogen) atoms. The molecule has 0 spiro atoms. The van der Waals surface area contributed by atoms with Crippen molar-refractivity contribution in [1.82, 2.24) is 14.7 Å². The summed E-state index contributed by atoms with van der Waals surface area (Å²) in [6, 6.07) is 2.21. The summed E-state index contributed by atoms with van der Waals surface area (Å²) >= 11 is 1.76. The molecule has 108 valence electrons. The van der Waals surface area contributed by atoms with Crippen LogP contribution in [-0.2, 0) is 24.9 Å². The van der Waals surface area contributed by atoms with Crippen molar-refractivity contribution in [1.29, 1.82) is 0 Å². The number of nitrogens with zero attached hydrogens (tertiary/aromatic N) is 3. The molecule has 4 nitrogen and oxygen atoms in total. The third-order valence-electron chi connectivity index (χ3n) is 3.71. The Hall–Kier alpha value is -1.17. The van der Waals surface area contributed by atoms with Crippen molar-refractivity contribution in [2.75, 3.05) is 19.8 Å². The first-order valence-corrected chi connectivity index (χ1v) is 8.04. The maximum absolute atomic E-state index is 5.65. The lowest BCUT2D eigenvalue weighted by atomic mass is 9.97. The fraction of sp³-hybridized carbons (Fsp3) is 0.533. The summed E-state index contributed by atoms with van der Waals surface area (Å²) < 4.78 is 7.58. The Balaban J connectivity index is 1.76. The van der Waals surface area contributed by atoms with Gasteiger partial charge in [-0.25, -0.2) is 0 Å². The van der Waals surface area contributed by atoms with Crippen LogP contribution in [0.2, 0.25) is 0 Å². The van der Waals surface area contributed by atoms with Crippen molar-refractivity contribution in [3.8, 4) is 0 Å². The first kappa shape index (κ1) is 13.8. The Morgan fingerprint density at radius 2 is 2.40 bits per heavy atom. The molecule has 0 N–H and O–H groups in total. The summed E-state index contributed by atoms with van der Waals surface area (Å²) in [4.78, 5) is 2.50. The Morgan fingerprint density at radius 1 is 1.50 bits per heavy atom. The molecule has 5 heteroatoms. The molecule has 0 radical (unpaired) electrons. The van der Waals surface area contributed by atoms with E-state index >= 15 is 0 Å². The summed E-state index contributed by atoms with van der Waals surface area (Å²) in [5.41, 5.74) is 3.97. The second-order valence-corrected chi connectivity index (χ2v) is 6.15. The predicted octanol–water partition coefficient (Wildman–Crippen LogP) is 2.62. The van der Waals surface area contributed by atoms with Crippen molar-refractivity contribution < 1.29 is 4.74 Å². The molecular weight excluding hydrogens is 270 g/mol. The van der Waals surface area contributed by atoms with E-state index < -0.39 is 0 Å². The third kappa shape index (κ3) is 2.95. The topological polar surface area (TPSA) is 30.3 Å². The third-order valence-corrected chi connectivity index (χ3v) is 4.44. The fourth-order valence-electron chi connectivity index (χ4n) is 2.88. The molecule has 0 fully saturated rings. The quantitative estimate of drug-likeness (QED) is 0.848. The van der Waals surface area contributed by atoms with E-state index in [1.165, 1.54) is 16.8 Å². The molecule has 1 aliphatic rings. The summed E-state index contributed by atoms with van der Waals surface area (Å²) in [5, 5.41) is 9.01. The number of aryl methyl sites for hydroxylation is 1. The number of hydrogen-bond donors (Lipinski definition) is 0. The van der Waals surface area contributed by atoms with Crippen molar-refractivity contribution in [2.45, 2.75) is 25.9 Å². The standard InChI is InChI=1S/C15H21N3OS/c1-3-19-10-14-9-18(6-12-4-5-20-11-12)8-13-7-17(2)16-15(13)14/h4-5,7,11,14H,3,6,8-10H2,1-2H3. The molecule has 2 aromatic heterocycles. The number of hydrogen-bond acceptors (Lipinski definition) is 4. The van der Waals surface area contributed by atoms with E-state index in [-0.39, 0.29) is 0 Å². The number of rotatable bonds is 5. The molecule has 1 atom stereocenters. The van der Waals surface area contributed by atoms with Crippen LogP contribution in [0.5, 0.6) is 0 Å². The van der Waals surface area contributed by atoms with Crippen molar-refractivity contribution in [3.63, 3.8) is 0 Å². The highest BCUT2D eigenvalue weighted by Gasteiger charge is 2.28. The van der Waals surface area contributed by atoms with Crippen LogP contribution in [0.25, 0.3) is 0 Å². The van der Waals surface area contributed by atoms with Gasteiger partial charge < -0.3 is 4.74 Å². The molecule has 0 saturated carbocycles. The second kappa shape index (κ2) is 6.08. The van der Waals surface area contributed by atoms with E-state index in [1.807, 2.05) is 18.7 Å². The van der Waals surface area contributed by atoms with Crippen LogP contribution < -0.4 is 0 Å². The molecule has 1 unspecified atom stereocenters. The van der Waals surface area contributed by atoms with Gasteiger partial charge in [-0.15, -0.1) is 0 Å². The normalized spacial score (nSPS) is 19.2. The van der Waals surface area contributed by atoms with E-state index in [1.54, 1.807) is 11.3 Å². The Bertz CT molecular complexity index is 549. The number of fused-ring (bicyclic) bond motifs is 1. The molecule has 0 bridgehead atoms. The van der Waals surface area contributed by atoms with E-state index in [0.717, 1.165) is 32.8 Å². The highest BCUT2D eigenvalue weighted by Crippen LogP contribution is 2.28. The van der Waals surface area contributed by atoms with Crippen molar-refractivity contribution in [3.05, 3.63) is 39.8 Å². The molecule has 0 aromatic carbocycles. The van der Waals surface area contributed by atoms with Crippen LogP contribution in [0, 0.1) is 0 Å². The zero-order chi connectivity index (χ0) is 13.9. The van der Waals surface area contributed by atoms with Crippen molar-refractivity contribution >= 4 is 11.3 Å². The summed E-state index contributed by atoms with van der Waals surface area (Å²) in [6.45, 7) is 6.61. The van der Waals surface area contributed by atoms with Gasteiger partial charge >= 0.3 is 0 Å². The minimum absolute atomic E-state index is 0.388. The summed E-state index contributed by atoms with van der Waals surface area (Å²) in [7, 11) is 2.00. The van der Waals surface area contributed by atoms with E-state index in [0.29, 0.717) is 5.92 Å². The predicted molar refractivity (Wildman–Crippen MR) is 80.9 cm³/mol. The SMILES string of the molecule is CCOCC1CN(Cc2ccsc2)Cc2cn(C)nc21. The maximum atomic E-state index is 5.65. The van der Waals surface area contributed by atoms with Gasteiger partial charge in [-0.2, -0.15) is 16.4 Å². The average molecular weight is 291 g/mol. The molecule has 0 saturated heterocycles. The van der Waals surface area contributed by atoms with Crippen LogP contribution in [0.15, 0.2) is 23.0 Å². The summed E-state index contributed by atoms with van der Waals surface area (Å²) in [6.07, 6.45) is 2.15. The van der Waals surface area contributed by atoms with Gasteiger partial charge in [-0.1, -0.05) is 0 Å². The van der Waals surface area contributed by atoms with Gasteiger partial charge in [0.05, 0.1) is 12.3 Å². The number of thiophene rings is 1. The Kier molecular flexibility index (Phi) is 4.19.